The van der Waals surface area contributed by atoms with Gasteiger partial charge in [0.25, 0.3) is 11.8 Å². The first-order chi connectivity index (χ1) is 15.1. The summed E-state index contributed by atoms with van der Waals surface area (Å²) in [5.41, 5.74) is 0.164. The van der Waals surface area contributed by atoms with Gasteiger partial charge in [0.2, 0.25) is 11.6 Å². The Balaban J connectivity index is 1.29. The average Bonchev–Trinajstić information content (AvgIpc) is 3.56. The maximum atomic E-state index is 12.4. The van der Waals surface area contributed by atoms with Gasteiger partial charge in [-0.2, -0.15) is 10.2 Å². The van der Waals surface area contributed by atoms with Gasteiger partial charge in [-0.3, -0.25) is 4.79 Å². The normalized spacial score (nSPS) is 14.0. The minimum atomic E-state index is -0.564. The number of carbonyl (C=O) groups is 2. The molecule has 0 N–H and O–H groups in total. The van der Waals surface area contributed by atoms with E-state index in [1.165, 1.54) is 23.7 Å². The van der Waals surface area contributed by atoms with Crippen LogP contribution in [0.25, 0.3) is 17.7 Å². The van der Waals surface area contributed by atoms with E-state index in [0.29, 0.717) is 37.8 Å². The summed E-state index contributed by atoms with van der Waals surface area (Å²) >= 11 is 1.50. The predicted octanol–water partition coefficient (Wildman–Crippen LogP) is 2.77. The van der Waals surface area contributed by atoms with Crippen LogP contribution >= 0.6 is 11.3 Å². The maximum Gasteiger partial charge on any atom is 0.331 e. The summed E-state index contributed by atoms with van der Waals surface area (Å²) in [6.07, 6.45) is 4.46. The maximum absolute atomic E-state index is 12.4. The van der Waals surface area contributed by atoms with Gasteiger partial charge in [-0.15, -0.1) is 11.3 Å². The summed E-state index contributed by atoms with van der Waals surface area (Å²) in [4.78, 5) is 32.7. The summed E-state index contributed by atoms with van der Waals surface area (Å²) < 4.78 is 16.1. The summed E-state index contributed by atoms with van der Waals surface area (Å²) in [7, 11) is 0. The Bertz CT molecular complexity index is 1100. The largest absolute Gasteiger partial charge is 0.459 e. The van der Waals surface area contributed by atoms with Crippen molar-refractivity contribution in [3.05, 3.63) is 52.6 Å². The van der Waals surface area contributed by atoms with E-state index in [0.717, 1.165) is 4.88 Å². The van der Waals surface area contributed by atoms with Gasteiger partial charge >= 0.3 is 5.97 Å². The van der Waals surface area contributed by atoms with Crippen LogP contribution in [-0.4, -0.2) is 54.5 Å². The first kappa shape index (κ1) is 20.4. The number of carbonyl (C=O) groups excluding carboxylic acids is 2. The molecule has 0 atom stereocenters. The molecule has 1 amide bonds. The number of nitriles is 1. The summed E-state index contributed by atoms with van der Waals surface area (Å²) in [5, 5.41) is 11.3. The SMILES string of the molecule is N#Cc1nc(-c2ccco2)oc1N1CCN(C(=O)COC(=O)/C=C/c2cccs2)CC1. The second-order valence-corrected chi connectivity index (χ2v) is 7.57. The molecule has 0 bridgehead atoms. The van der Waals surface area contributed by atoms with E-state index in [9.17, 15) is 14.9 Å². The van der Waals surface area contributed by atoms with Crippen molar-refractivity contribution < 1.29 is 23.2 Å². The molecule has 31 heavy (non-hydrogen) atoms. The standard InChI is InChI=1S/C21H18N4O5S/c22-13-16-21(30-20(23-16)17-4-1-11-28-17)25-9-7-24(8-10-25)18(26)14-29-19(27)6-5-15-3-2-12-31-15/h1-6,11-12H,7-10,14H2/b6-5+. The molecule has 1 aliphatic rings. The third-order valence-corrected chi connectivity index (χ3v) is 5.47. The van der Waals surface area contributed by atoms with Crippen LogP contribution in [0.2, 0.25) is 0 Å². The smallest absolute Gasteiger partial charge is 0.331 e. The molecule has 4 rings (SSSR count). The number of piperazine rings is 1. The van der Waals surface area contributed by atoms with Crippen LogP contribution in [0.5, 0.6) is 0 Å². The van der Waals surface area contributed by atoms with Crippen molar-refractivity contribution in [1.29, 1.82) is 5.26 Å². The zero-order valence-corrected chi connectivity index (χ0v) is 17.2. The van der Waals surface area contributed by atoms with Crippen molar-refractivity contribution in [3.63, 3.8) is 0 Å². The van der Waals surface area contributed by atoms with Crippen LogP contribution in [0.3, 0.4) is 0 Å². The number of thiophene rings is 1. The van der Waals surface area contributed by atoms with E-state index in [4.69, 9.17) is 13.6 Å². The number of esters is 1. The van der Waals surface area contributed by atoms with Crippen LogP contribution in [-0.2, 0) is 14.3 Å². The Morgan fingerprint density at radius 2 is 2.10 bits per heavy atom. The molecular formula is C21H18N4O5S. The molecule has 3 aromatic heterocycles. The monoisotopic (exact) mass is 438 g/mol. The third-order valence-electron chi connectivity index (χ3n) is 4.63. The van der Waals surface area contributed by atoms with Crippen molar-refractivity contribution in [2.24, 2.45) is 0 Å². The number of hydrogen-bond acceptors (Lipinski definition) is 9. The van der Waals surface area contributed by atoms with E-state index in [1.807, 2.05) is 28.5 Å². The van der Waals surface area contributed by atoms with Crippen molar-refractivity contribution in [2.45, 2.75) is 0 Å². The molecule has 4 heterocycles. The molecule has 3 aromatic rings. The van der Waals surface area contributed by atoms with E-state index < -0.39 is 5.97 Å². The zero-order chi connectivity index (χ0) is 21.6. The fourth-order valence-electron chi connectivity index (χ4n) is 3.07. The highest BCUT2D eigenvalue weighted by molar-refractivity contribution is 7.10. The molecule has 0 radical (unpaired) electrons. The molecule has 9 nitrogen and oxygen atoms in total. The second-order valence-electron chi connectivity index (χ2n) is 6.59. The number of anilines is 1. The predicted molar refractivity (Wildman–Crippen MR) is 112 cm³/mol. The van der Waals surface area contributed by atoms with Gasteiger partial charge in [0.15, 0.2) is 12.4 Å². The number of furan rings is 1. The van der Waals surface area contributed by atoms with Gasteiger partial charge in [0.05, 0.1) is 6.26 Å². The zero-order valence-electron chi connectivity index (χ0n) is 16.4. The van der Waals surface area contributed by atoms with Gasteiger partial charge in [-0.05, 0) is 29.7 Å². The second kappa shape index (κ2) is 9.32. The highest BCUT2D eigenvalue weighted by atomic mass is 32.1. The first-order valence-electron chi connectivity index (χ1n) is 9.50. The quantitative estimate of drug-likeness (QED) is 0.426. The van der Waals surface area contributed by atoms with Crippen molar-refractivity contribution >= 4 is 35.2 Å². The lowest BCUT2D eigenvalue weighted by atomic mass is 10.3. The minimum Gasteiger partial charge on any atom is -0.459 e. The van der Waals surface area contributed by atoms with Crippen molar-refractivity contribution in [2.75, 3.05) is 37.7 Å². The number of nitrogens with zero attached hydrogens (tertiary/aromatic N) is 4. The van der Waals surface area contributed by atoms with Crippen molar-refractivity contribution in [1.82, 2.24) is 9.88 Å². The number of hydrogen-bond donors (Lipinski definition) is 0. The van der Waals surface area contributed by atoms with Crippen LogP contribution < -0.4 is 4.90 Å². The first-order valence-corrected chi connectivity index (χ1v) is 10.4. The lowest BCUT2D eigenvalue weighted by Gasteiger charge is -2.34. The Labute approximate surface area is 181 Å². The molecule has 0 spiro atoms. The summed E-state index contributed by atoms with van der Waals surface area (Å²) in [6, 6.07) is 9.20. The highest BCUT2D eigenvalue weighted by Crippen LogP contribution is 2.29. The number of aromatic nitrogens is 1. The van der Waals surface area contributed by atoms with Crippen LogP contribution in [0.1, 0.15) is 10.6 Å². The molecule has 0 aliphatic carbocycles. The lowest BCUT2D eigenvalue weighted by Crippen LogP contribution is -2.50. The Morgan fingerprint density at radius 3 is 2.77 bits per heavy atom. The molecule has 0 saturated carbocycles. The van der Waals surface area contributed by atoms with Gasteiger partial charge < -0.3 is 23.4 Å². The van der Waals surface area contributed by atoms with Gasteiger partial charge in [-0.25, -0.2) is 4.79 Å². The van der Waals surface area contributed by atoms with E-state index in [1.54, 1.807) is 23.1 Å². The van der Waals surface area contributed by atoms with Crippen LogP contribution in [0.15, 0.2) is 50.8 Å². The van der Waals surface area contributed by atoms with E-state index in [2.05, 4.69) is 4.98 Å². The fraction of sp³-hybridized carbons (Fsp3) is 0.238. The summed E-state index contributed by atoms with van der Waals surface area (Å²) in [6.45, 7) is 1.41. The number of oxazole rings is 1. The number of amides is 1. The molecule has 0 unspecified atom stereocenters. The molecule has 10 heteroatoms. The molecule has 1 aliphatic heterocycles. The third kappa shape index (κ3) is 4.84. The Kier molecular flexibility index (Phi) is 6.14. The molecule has 158 valence electrons. The Morgan fingerprint density at radius 1 is 1.26 bits per heavy atom. The topological polar surface area (TPSA) is 113 Å². The number of ether oxygens (including phenoxy) is 1. The Hall–Kier alpha value is -3.84. The average molecular weight is 438 g/mol. The fourth-order valence-corrected chi connectivity index (χ4v) is 3.69. The van der Waals surface area contributed by atoms with Gasteiger partial charge in [0, 0.05) is 37.1 Å². The van der Waals surface area contributed by atoms with Crippen molar-refractivity contribution in [3.8, 4) is 17.7 Å². The van der Waals surface area contributed by atoms with E-state index >= 15 is 0 Å². The summed E-state index contributed by atoms with van der Waals surface area (Å²) in [5.74, 6) is 0.188. The molecule has 1 fully saturated rings. The highest BCUT2D eigenvalue weighted by Gasteiger charge is 2.27. The molecular weight excluding hydrogens is 420 g/mol. The van der Waals surface area contributed by atoms with E-state index in [-0.39, 0.29) is 24.1 Å². The molecule has 1 saturated heterocycles. The van der Waals surface area contributed by atoms with Gasteiger partial charge in [0.1, 0.15) is 6.07 Å². The van der Waals surface area contributed by atoms with Crippen LogP contribution in [0.4, 0.5) is 5.88 Å². The number of rotatable bonds is 6. The van der Waals surface area contributed by atoms with Crippen LogP contribution in [0, 0.1) is 11.3 Å². The minimum absolute atomic E-state index is 0.164. The lowest BCUT2D eigenvalue weighted by molar-refractivity contribution is -0.148. The molecule has 0 aromatic carbocycles. The van der Waals surface area contributed by atoms with Gasteiger partial charge in [-0.1, -0.05) is 6.07 Å².